The van der Waals surface area contributed by atoms with Crippen LogP contribution in [0.5, 0.6) is 0 Å². The highest BCUT2D eigenvalue weighted by Gasteiger charge is 2.32. The van der Waals surface area contributed by atoms with E-state index in [1.165, 1.54) is 24.1 Å². The molecule has 3 fully saturated rings. The van der Waals surface area contributed by atoms with Gasteiger partial charge in [0, 0.05) is 56.2 Å². The lowest BCUT2D eigenvalue weighted by Crippen LogP contribution is -2.50. The molecule has 2 N–H and O–H groups in total. The lowest BCUT2D eigenvalue weighted by Gasteiger charge is -2.37. The van der Waals surface area contributed by atoms with Crippen molar-refractivity contribution in [1.82, 2.24) is 15.5 Å². The minimum absolute atomic E-state index is 0.0495. The van der Waals surface area contributed by atoms with Gasteiger partial charge in [-0.2, -0.15) is 0 Å². The summed E-state index contributed by atoms with van der Waals surface area (Å²) in [7, 11) is 0. The highest BCUT2D eigenvalue weighted by Crippen LogP contribution is 2.31. The van der Waals surface area contributed by atoms with Crippen LogP contribution in [0, 0.1) is 18.8 Å². The van der Waals surface area contributed by atoms with E-state index in [1.807, 2.05) is 6.92 Å². The molecule has 3 heterocycles. The summed E-state index contributed by atoms with van der Waals surface area (Å²) >= 11 is 0. The predicted molar refractivity (Wildman–Crippen MR) is 140 cm³/mol. The summed E-state index contributed by atoms with van der Waals surface area (Å²) in [6.07, 6.45) is 5.46. The molecule has 0 aliphatic carbocycles. The summed E-state index contributed by atoms with van der Waals surface area (Å²) in [5.74, 6) is 0.0421. The minimum atomic E-state index is -0.183. The molecule has 4 rings (SSSR count). The average Bonchev–Trinajstić information content (AvgIpc) is 3.34. The molecule has 2 amide bonds. The van der Waals surface area contributed by atoms with E-state index >= 15 is 0 Å². The maximum Gasteiger partial charge on any atom is 0.251 e. The lowest BCUT2D eigenvalue weighted by atomic mass is 9.84. The number of nitrogens with one attached hydrogen (secondary N) is 2. The fourth-order valence-electron chi connectivity index (χ4n) is 6.18. The molecule has 0 saturated carbocycles. The second-order valence-electron chi connectivity index (χ2n) is 10.8. The third-order valence-corrected chi connectivity index (χ3v) is 8.19. The Kier molecular flexibility index (Phi) is 8.71. The Labute approximate surface area is 210 Å². The summed E-state index contributed by atoms with van der Waals surface area (Å²) in [6.45, 7) is 14.4. The smallest absolute Gasteiger partial charge is 0.251 e. The second-order valence-corrected chi connectivity index (χ2v) is 10.8. The van der Waals surface area contributed by atoms with E-state index in [0.29, 0.717) is 12.6 Å². The van der Waals surface area contributed by atoms with Crippen molar-refractivity contribution in [2.24, 2.45) is 11.8 Å². The van der Waals surface area contributed by atoms with E-state index in [1.54, 1.807) is 0 Å². The Hall–Kier alpha value is -2.12. The fraction of sp³-hybridized carbons (Fsp3) is 0.714. The second kappa shape index (κ2) is 11.7. The van der Waals surface area contributed by atoms with Gasteiger partial charge in [0.25, 0.3) is 5.91 Å². The molecule has 0 bridgehead atoms. The third kappa shape index (κ3) is 6.18. The van der Waals surface area contributed by atoms with Gasteiger partial charge in [0.2, 0.25) is 5.91 Å². The fourth-order valence-corrected chi connectivity index (χ4v) is 6.18. The predicted octanol–water partition coefficient (Wildman–Crippen LogP) is 3.49. The molecule has 3 unspecified atom stereocenters. The standard InChI is InChI=1S/C28H44N4O3/c1-5-32(23-8-12-35-13-9-23)26-16-22(18-31-10-6-7-11-31)15-24(21(26)4)27(33)29-17-25-19(2)14-20(3)30-28(25)34/h15-16,19-20,23,25H,5-14,17-18H2,1-4H3,(H,29,33)(H,30,34). The topological polar surface area (TPSA) is 73.9 Å². The van der Waals surface area contributed by atoms with Crippen LogP contribution in [0.3, 0.4) is 0 Å². The van der Waals surface area contributed by atoms with Crippen molar-refractivity contribution in [3.05, 3.63) is 28.8 Å². The van der Waals surface area contributed by atoms with Gasteiger partial charge in [-0.3, -0.25) is 14.5 Å². The molecule has 0 spiro atoms. The van der Waals surface area contributed by atoms with Gasteiger partial charge in [-0.15, -0.1) is 0 Å². The zero-order valence-corrected chi connectivity index (χ0v) is 22.1. The van der Waals surface area contributed by atoms with Crippen molar-refractivity contribution in [2.75, 3.05) is 44.3 Å². The summed E-state index contributed by atoms with van der Waals surface area (Å²) in [6, 6.07) is 5.01. The first kappa shape index (κ1) is 26.0. The molecule has 0 radical (unpaired) electrons. The number of piperidine rings is 1. The molecule has 1 aromatic carbocycles. The first-order valence-electron chi connectivity index (χ1n) is 13.7. The summed E-state index contributed by atoms with van der Waals surface area (Å²) in [5, 5.41) is 6.16. The van der Waals surface area contributed by atoms with E-state index in [9.17, 15) is 9.59 Å². The van der Waals surface area contributed by atoms with Crippen LogP contribution in [-0.2, 0) is 16.1 Å². The summed E-state index contributed by atoms with van der Waals surface area (Å²) in [4.78, 5) is 31.0. The number of hydrogen-bond donors (Lipinski definition) is 2. The van der Waals surface area contributed by atoms with Crippen LogP contribution in [0.25, 0.3) is 0 Å². The molecule has 35 heavy (non-hydrogen) atoms. The number of carbonyl (C=O) groups excluding carboxylic acids is 2. The van der Waals surface area contributed by atoms with Crippen LogP contribution < -0.4 is 15.5 Å². The maximum atomic E-state index is 13.5. The van der Waals surface area contributed by atoms with Crippen LogP contribution in [0.1, 0.15) is 74.4 Å². The van der Waals surface area contributed by atoms with Crippen LogP contribution in [-0.4, -0.2) is 68.2 Å². The number of anilines is 1. The monoisotopic (exact) mass is 484 g/mol. The summed E-state index contributed by atoms with van der Waals surface area (Å²) in [5.41, 5.74) is 4.12. The Balaban J connectivity index is 1.58. The normalized spacial score (nSPS) is 25.9. The van der Waals surface area contributed by atoms with Gasteiger partial charge in [0.15, 0.2) is 0 Å². The zero-order valence-electron chi connectivity index (χ0n) is 22.1. The summed E-state index contributed by atoms with van der Waals surface area (Å²) < 4.78 is 5.62. The highest BCUT2D eigenvalue weighted by molar-refractivity contribution is 5.97. The molecule has 3 aliphatic heterocycles. The number of ether oxygens (including phenoxy) is 1. The molecule has 3 aliphatic rings. The molecule has 7 heteroatoms. The SMILES string of the molecule is CCN(c1cc(CN2CCCC2)cc(C(=O)NCC2C(=O)NC(C)CC2C)c1C)C1CCOCC1. The van der Waals surface area contributed by atoms with Crippen molar-refractivity contribution in [3.63, 3.8) is 0 Å². The number of carbonyl (C=O) groups is 2. The Morgan fingerprint density at radius 1 is 1.20 bits per heavy atom. The van der Waals surface area contributed by atoms with Crippen LogP contribution in [0.4, 0.5) is 5.69 Å². The van der Waals surface area contributed by atoms with Crippen molar-refractivity contribution < 1.29 is 14.3 Å². The van der Waals surface area contributed by atoms with Crippen molar-refractivity contribution in [1.29, 1.82) is 0 Å². The third-order valence-electron chi connectivity index (χ3n) is 8.19. The van der Waals surface area contributed by atoms with Crippen LogP contribution in [0.2, 0.25) is 0 Å². The van der Waals surface area contributed by atoms with E-state index in [4.69, 9.17) is 4.74 Å². The molecule has 1 aromatic rings. The molecule has 0 aromatic heterocycles. The van der Waals surface area contributed by atoms with Gasteiger partial charge < -0.3 is 20.3 Å². The van der Waals surface area contributed by atoms with Crippen LogP contribution >= 0.6 is 0 Å². The van der Waals surface area contributed by atoms with Gasteiger partial charge in [0.05, 0.1) is 5.92 Å². The number of amides is 2. The Bertz CT molecular complexity index is 892. The first-order valence-corrected chi connectivity index (χ1v) is 13.7. The van der Waals surface area contributed by atoms with E-state index in [-0.39, 0.29) is 29.7 Å². The van der Waals surface area contributed by atoms with E-state index < -0.39 is 0 Å². The largest absolute Gasteiger partial charge is 0.381 e. The lowest BCUT2D eigenvalue weighted by molar-refractivity contribution is -0.129. The van der Waals surface area contributed by atoms with Gasteiger partial charge in [-0.1, -0.05) is 6.92 Å². The quantitative estimate of drug-likeness (QED) is 0.591. The zero-order chi connectivity index (χ0) is 24.9. The molecule has 3 saturated heterocycles. The van der Waals surface area contributed by atoms with E-state index in [2.05, 4.69) is 53.3 Å². The Morgan fingerprint density at radius 3 is 2.57 bits per heavy atom. The number of likely N-dealkylation sites (tertiary alicyclic amines) is 1. The van der Waals surface area contributed by atoms with Crippen molar-refractivity contribution >= 4 is 17.5 Å². The number of hydrogen-bond acceptors (Lipinski definition) is 5. The molecule has 7 nitrogen and oxygen atoms in total. The minimum Gasteiger partial charge on any atom is -0.381 e. The van der Waals surface area contributed by atoms with Gasteiger partial charge in [-0.25, -0.2) is 0 Å². The van der Waals surface area contributed by atoms with Crippen molar-refractivity contribution in [3.8, 4) is 0 Å². The molecule has 194 valence electrons. The van der Waals surface area contributed by atoms with Crippen molar-refractivity contribution in [2.45, 2.75) is 78.4 Å². The van der Waals surface area contributed by atoms with Gasteiger partial charge >= 0.3 is 0 Å². The molecular weight excluding hydrogens is 440 g/mol. The molecule has 3 atom stereocenters. The maximum absolute atomic E-state index is 13.5. The Morgan fingerprint density at radius 2 is 1.91 bits per heavy atom. The van der Waals surface area contributed by atoms with Gasteiger partial charge in [-0.05, 0) is 95.1 Å². The average molecular weight is 485 g/mol. The number of benzene rings is 1. The molecular formula is C28H44N4O3. The number of nitrogens with zero attached hydrogens (tertiary/aromatic N) is 2. The highest BCUT2D eigenvalue weighted by atomic mass is 16.5. The first-order chi connectivity index (χ1) is 16.9. The number of rotatable bonds is 8. The van der Waals surface area contributed by atoms with Crippen LogP contribution in [0.15, 0.2) is 12.1 Å². The van der Waals surface area contributed by atoms with Gasteiger partial charge in [0.1, 0.15) is 0 Å². The van der Waals surface area contributed by atoms with E-state index in [0.717, 1.165) is 69.8 Å².